The SMILES string of the molecule is CC1CC(=N)N(O)C1C. The molecule has 0 aliphatic carbocycles. The molecule has 0 radical (unpaired) electrons. The van der Waals surface area contributed by atoms with Crippen molar-refractivity contribution in [2.75, 3.05) is 0 Å². The number of amidine groups is 1. The zero-order valence-corrected chi connectivity index (χ0v) is 5.76. The third kappa shape index (κ3) is 0.920. The summed E-state index contributed by atoms with van der Waals surface area (Å²) >= 11 is 0. The van der Waals surface area contributed by atoms with Gasteiger partial charge in [-0.2, -0.15) is 0 Å². The second-order valence-corrected chi connectivity index (χ2v) is 2.71. The van der Waals surface area contributed by atoms with E-state index in [2.05, 4.69) is 0 Å². The molecule has 9 heavy (non-hydrogen) atoms. The molecule has 0 aromatic carbocycles. The molecule has 52 valence electrons. The molecule has 2 unspecified atom stereocenters. The average molecular weight is 128 g/mol. The fraction of sp³-hybridized carbons (Fsp3) is 0.833. The highest BCUT2D eigenvalue weighted by Gasteiger charge is 2.29. The number of hydroxylamine groups is 2. The van der Waals surface area contributed by atoms with Gasteiger partial charge in [0.1, 0.15) is 5.84 Å². The van der Waals surface area contributed by atoms with Crippen LogP contribution in [0.2, 0.25) is 0 Å². The highest BCUT2D eigenvalue weighted by molar-refractivity contribution is 5.80. The van der Waals surface area contributed by atoms with Crippen LogP contribution in [0.15, 0.2) is 0 Å². The summed E-state index contributed by atoms with van der Waals surface area (Å²) in [6.45, 7) is 3.96. The lowest BCUT2D eigenvalue weighted by molar-refractivity contribution is -0.0453. The van der Waals surface area contributed by atoms with Gasteiger partial charge in [-0.3, -0.25) is 10.6 Å². The second-order valence-electron chi connectivity index (χ2n) is 2.71. The molecular weight excluding hydrogens is 116 g/mol. The topological polar surface area (TPSA) is 47.3 Å². The van der Waals surface area contributed by atoms with Gasteiger partial charge in [0.15, 0.2) is 0 Å². The molecule has 1 aliphatic heterocycles. The van der Waals surface area contributed by atoms with Crippen molar-refractivity contribution in [3.8, 4) is 0 Å². The number of hydrogen-bond donors (Lipinski definition) is 2. The van der Waals surface area contributed by atoms with E-state index in [0.29, 0.717) is 18.2 Å². The van der Waals surface area contributed by atoms with Crippen LogP contribution in [0, 0.1) is 11.3 Å². The maximum absolute atomic E-state index is 9.05. The fourth-order valence-electron chi connectivity index (χ4n) is 1.06. The van der Waals surface area contributed by atoms with E-state index in [-0.39, 0.29) is 6.04 Å². The molecule has 1 saturated heterocycles. The Bertz CT molecular complexity index is 135. The van der Waals surface area contributed by atoms with E-state index < -0.39 is 0 Å². The Labute approximate surface area is 54.8 Å². The first kappa shape index (κ1) is 6.55. The monoisotopic (exact) mass is 128 g/mol. The Morgan fingerprint density at radius 1 is 1.67 bits per heavy atom. The lowest BCUT2D eigenvalue weighted by atomic mass is 10.1. The quantitative estimate of drug-likeness (QED) is 0.513. The Hall–Kier alpha value is -0.570. The molecule has 3 nitrogen and oxygen atoms in total. The molecule has 0 spiro atoms. The van der Waals surface area contributed by atoms with Gasteiger partial charge in [-0.25, -0.2) is 5.06 Å². The summed E-state index contributed by atoms with van der Waals surface area (Å²) in [5.41, 5.74) is 0. The third-order valence-electron chi connectivity index (χ3n) is 2.00. The first-order chi connectivity index (χ1) is 4.13. The van der Waals surface area contributed by atoms with Gasteiger partial charge >= 0.3 is 0 Å². The van der Waals surface area contributed by atoms with Crippen LogP contribution >= 0.6 is 0 Å². The molecule has 3 heteroatoms. The summed E-state index contributed by atoms with van der Waals surface area (Å²) in [4.78, 5) is 0. The number of rotatable bonds is 0. The Balaban J connectivity index is 2.65. The van der Waals surface area contributed by atoms with Crippen LogP contribution in [0.5, 0.6) is 0 Å². The zero-order valence-electron chi connectivity index (χ0n) is 5.76. The van der Waals surface area contributed by atoms with Crippen LogP contribution in [0.4, 0.5) is 0 Å². The Kier molecular flexibility index (Phi) is 1.45. The van der Waals surface area contributed by atoms with Gasteiger partial charge in [-0.05, 0) is 12.8 Å². The molecule has 0 aromatic heterocycles. The molecular formula is C6H12N2O. The number of nitrogens with one attached hydrogen (secondary N) is 1. The van der Waals surface area contributed by atoms with Crippen molar-refractivity contribution in [3.63, 3.8) is 0 Å². The van der Waals surface area contributed by atoms with E-state index in [9.17, 15) is 0 Å². The Morgan fingerprint density at radius 3 is 2.33 bits per heavy atom. The smallest absolute Gasteiger partial charge is 0.121 e. The van der Waals surface area contributed by atoms with Crippen molar-refractivity contribution < 1.29 is 5.21 Å². The van der Waals surface area contributed by atoms with E-state index in [1.807, 2.05) is 13.8 Å². The van der Waals surface area contributed by atoms with Crippen LogP contribution in [0.3, 0.4) is 0 Å². The summed E-state index contributed by atoms with van der Waals surface area (Å²) < 4.78 is 0. The molecule has 1 rings (SSSR count). The summed E-state index contributed by atoms with van der Waals surface area (Å²) in [6.07, 6.45) is 0.706. The lowest BCUT2D eigenvalue weighted by Crippen LogP contribution is -2.28. The summed E-state index contributed by atoms with van der Waals surface area (Å²) in [5.74, 6) is 0.762. The van der Waals surface area contributed by atoms with Crippen molar-refractivity contribution in [1.82, 2.24) is 5.06 Å². The van der Waals surface area contributed by atoms with Crippen LogP contribution in [0.1, 0.15) is 20.3 Å². The van der Waals surface area contributed by atoms with Gasteiger partial charge < -0.3 is 0 Å². The second kappa shape index (κ2) is 1.99. The van der Waals surface area contributed by atoms with E-state index in [0.717, 1.165) is 5.06 Å². The minimum atomic E-state index is 0.123. The molecule has 1 fully saturated rings. The molecule has 2 N–H and O–H groups in total. The Morgan fingerprint density at radius 2 is 2.22 bits per heavy atom. The lowest BCUT2D eigenvalue weighted by Gasteiger charge is -2.15. The molecule has 0 saturated carbocycles. The fourth-order valence-corrected chi connectivity index (χ4v) is 1.06. The molecule has 0 amide bonds. The number of nitrogens with zero attached hydrogens (tertiary/aromatic N) is 1. The highest BCUT2D eigenvalue weighted by atomic mass is 16.5. The van der Waals surface area contributed by atoms with Crippen molar-refractivity contribution in [3.05, 3.63) is 0 Å². The standard InChI is InChI=1S/C6H12N2O/c1-4-3-6(7)8(9)5(4)2/h4-5,7,9H,3H2,1-2H3. The van der Waals surface area contributed by atoms with Crippen molar-refractivity contribution in [2.24, 2.45) is 5.92 Å². The first-order valence-electron chi connectivity index (χ1n) is 3.18. The molecule has 1 heterocycles. The predicted molar refractivity (Wildman–Crippen MR) is 34.6 cm³/mol. The van der Waals surface area contributed by atoms with Crippen LogP contribution in [-0.4, -0.2) is 22.1 Å². The van der Waals surface area contributed by atoms with Gasteiger partial charge in [0.05, 0.1) is 6.04 Å². The van der Waals surface area contributed by atoms with Crippen molar-refractivity contribution >= 4 is 5.84 Å². The van der Waals surface area contributed by atoms with Gasteiger partial charge in [0.25, 0.3) is 0 Å². The van der Waals surface area contributed by atoms with Gasteiger partial charge in [0, 0.05) is 6.42 Å². The molecule has 0 bridgehead atoms. The van der Waals surface area contributed by atoms with Crippen molar-refractivity contribution in [2.45, 2.75) is 26.3 Å². The molecule has 1 aliphatic rings. The molecule has 0 aromatic rings. The van der Waals surface area contributed by atoms with Gasteiger partial charge in [-0.1, -0.05) is 6.92 Å². The van der Waals surface area contributed by atoms with E-state index >= 15 is 0 Å². The normalized spacial score (nSPS) is 35.9. The van der Waals surface area contributed by atoms with Crippen LogP contribution in [0.25, 0.3) is 0 Å². The maximum Gasteiger partial charge on any atom is 0.121 e. The van der Waals surface area contributed by atoms with Crippen LogP contribution < -0.4 is 0 Å². The largest absolute Gasteiger partial charge is 0.287 e. The van der Waals surface area contributed by atoms with Crippen molar-refractivity contribution in [1.29, 1.82) is 5.41 Å². The average Bonchev–Trinajstić information content (AvgIpc) is 1.98. The summed E-state index contributed by atoms with van der Waals surface area (Å²) in [5, 5.41) is 17.3. The van der Waals surface area contributed by atoms with Gasteiger partial charge in [0.2, 0.25) is 0 Å². The summed E-state index contributed by atoms with van der Waals surface area (Å²) in [7, 11) is 0. The van der Waals surface area contributed by atoms with Crippen LogP contribution in [-0.2, 0) is 0 Å². The summed E-state index contributed by atoms with van der Waals surface area (Å²) in [6, 6.07) is 0.123. The molecule has 2 atom stereocenters. The minimum absolute atomic E-state index is 0.123. The minimum Gasteiger partial charge on any atom is -0.287 e. The van der Waals surface area contributed by atoms with E-state index in [4.69, 9.17) is 10.6 Å². The maximum atomic E-state index is 9.05. The zero-order chi connectivity index (χ0) is 7.02. The van der Waals surface area contributed by atoms with Gasteiger partial charge in [-0.15, -0.1) is 0 Å². The highest BCUT2D eigenvalue weighted by Crippen LogP contribution is 2.22. The third-order valence-corrected chi connectivity index (χ3v) is 2.00. The predicted octanol–water partition coefficient (Wildman–Crippen LogP) is 1.08. The first-order valence-corrected chi connectivity index (χ1v) is 3.18. The number of hydrogen-bond acceptors (Lipinski definition) is 2. The van der Waals surface area contributed by atoms with E-state index in [1.165, 1.54) is 0 Å². The van der Waals surface area contributed by atoms with E-state index in [1.54, 1.807) is 0 Å².